The Morgan fingerprint density at radius 3 is 2.65 bits per heavy atom. The first-order chi connectivity index (χ1) is 12.1. The monoisotopic (exact) mass is 361 g/mol. The lowest BCUT2D eigenvalue weighted by Crippen LogP contribution is -2.36. The second kappa shape index (κ2) is 6.56. The van der Waals surface area contributed by atoms with Crippen LogP contribution in [-0.2, 0) is 11.8 Å². The number of aryl methyl sites for hydroxylation is 1. The van der Waals surface area contributed by atoms with E-state index in [0.717, 1.165) is 5.56 Å². The first-order valence-electron chi connectivity index (χ1n) is 8.39. The standard InChI is InChI=1S/C17H23N5O4/c1-17(2,3)26-16(25)21-9-13(14(23)10-21)22-15(24)6-5-12(19-22)11-7-18-20(4)8-11/h5-8,13-14,23H,9-10H2,1-4H3/t13-,14-/m1/s1. The first-order valence-corrected chi connectivity index (χ1v) is 8.39. The van der Waals surface area contributed by atoms with Gasteiger partial charge < -0.3 is 14.7 Å². The number of β-amino-alcohol motifs (C(OH)–C–C–N with tert-alkyl or cyclic N) is 1. The zero-order chi connectivity index (χ0) is 19.1. The Morgan fingerprint density at radius 1 is 1.31 bits per heavy atom. The molecule has 0 spiro atoms. The van der Waals surface area contributed by atoms with Crippen LogP contribution in [-0.4, -0.2) is 60.5 Å². The highest BCUT2D eigenvalue weighted by Gasteiger charge is 2.38. The number of amides is 1. The van der Waals surface area contributed by atoms with Gasteiger partial charge >= 0.3 is 6.09 Å². The van der Waals surface area contributed by atoms with Crippen molar-refractivity contribution in [3.63, 3.8) is 0 Å². The van der Waals surface area contributed by atoms with Gasteiger partial charge in [0.05, 0.1) is 24.5 Å². The molecule has 0 saturated carbocycles. The lowest BCUT2D eigenvalue weighted by atomic mass is 10.2. The molecule has 0 aliphatic carbocycles. The molecule has 9 nitrogen and oxygen atoms in total. The number of carbonyl (C=O) groups is 1. The van der Waals surface area contributed by atoms with Crippen molar-refractivity contribution in [3.8, 4) is 11.3 Å². The summed E-state index contributed by atoms with van der Waals surface area (Å²) in [6.07, 6.45) is 2.01. The van der Waals surface area contributed by atoms with Crippen molar-refractivity contribution in [1.29, 1.82) is 0 Å². The van der Waals surface area contributed by atoms with Gasteiger partial charge in [-0.15, -0.1) is 0 Å². The molecule has 2 aromatic rings. The molecule has 26 heavy (non-hydrogen) atoms. The molecule has 0 unspecified atom stereocenters. The van der Waals surface area contributed by atoms with E-state index in [0.29, 0.717) is 5.69 Å². The average Bonchev–Trinajstić information content (AvgIpc) is 3.12. The smallest absolute Gasteiger partial charge is 0.410 e. The molecule has 0 aromatic carbocycles. The average molecular weight is 361 g/mol. The largest absolute Gasteiger partial charge is 0.444 e. The van der Waals surface area contributed by atoms with Gasteiger partial charge in [-0.1, -0.05) is 0 Å². The summed E-state index contributed by atoms with van der Waals surface area (Å²) in [7, 11) is 1.79. The Labute approximate surface area is 150 Å². The Morgan fingerprint density at radius 2 is 2.04 bits per heavy atom. The molecule has 140 valence electrons. The second-order valence-electron chi connectivity index (χ2n) is 7.42. The van der Waals surface area contributed by atoms with Gasteiger partial charge in [0.15, 0.2) is 0 Å². The quantitative estimate of drug-likeness (QED) is 0.849. The molecule has 2 aromatic heterocycles. The number of aliphatic hydroxyl groups excluding tert-OH is 1. The first kappa shape index (κ1) is 18.1. The molecule has 2 atom stereocenters. The zero-order valence-corrected chi connectivity index (χ0v) is 15.3. The minimum absolute atomic E-state index is 0.0881. The molecule has 1 aliphatic rings. The molecule has 0 radical (unpaired) electrons. The van der Waals surface area contributed by atoms with Crippen LogP contribution in [0.25, 0.3) is 11.3 Å². The fourth-order valence-electron chi connectivity index (χ4n) is 2.86. The van der Waals surface area contributed by atoms with Crippen LogP contribution in [0.15, 0.2) is 29.3 Å². The van der Waals surface area contributed by atoms with Gasteiger partial charge in [-0.2, -0.15) is 10.2 Å². The second-order valence-corrected chi connectivity index (χ2v) is 7.42. The van der Waals surface area contributed by atoms with E-state index in [9.17, 15) is 14.7 Å². The number of ether oxygens (including phenoxy) is 1. The van der Waals surface area contributed by atoms with Crippen molar-refractivity contribution in [2.24, 2.45) is 7.05 Å². The molecule has 0 bridgehead atoms. The molecule has 3 rings (SSSR count). The molecular formula is C17H23N5O4. The highest BCUT2D eigenvalue weighted by Crippen LogP contribution is 2.23. The third-order valence-electron chi connectivity index (χ3n) is 4.05. The Balaban J connectivity index is 1.85. The molecule has 9 heteroatoms. The van der Waals surface area contributed by atoms with E-state index >= 15 is 0 Å². The van der Waals surface area contributed by atoms with E-state index < -0.39 is 23.8 Å². The van der Waals surface area contributed by atoms with E-state index in [1.807, 2.05) is 0 Å². The topological polar surface area (TPSA) is 102 Å². The van der Waals surface area contributed by atoms with Crippen LogP contribution in [0.5, 0.6) is 0 Å². The number of rotatable bonds is 2. The van der Waals surface area contributed by atoms with Gasteiger partial charge in [0.1, 0.15) is 11.6 Å². The minimum atomic E-state index is -0.906. The van der Waals surface area contributed by atoms with Crippen LogP contribution in [0, 0.1) is 0 Å². The number of nitrogens with zero attached hydrogens (tertiary/aromatic N) is 5. The lowest BCUT2D eigenvalue weighted by molar-refractivity contribution is 0.0269. The van der Waals surface area contributed by atoms with Gasteiger partial charge in [0.2, 0.25) is 0 Å². The highest BCUT2D eigenvalue weighted by atomic mass is 16.6. The number of carbonyl (C=O) groups excluding carboxylic acids is 1. The van der Waals surface area contributed by atoms with E-state index in [4.69, 9.17) is 4.74 Å². The van der Waals surface area contributed by atoms with Crippen LogP contribution in [0.4, 0.5) is 4.79 Å². The van der Waals surface area contributed by atoms with E-state index in [-0.39, 0.29) is 18.6 Å². The molecule has 1 N–H and O–H groups in total. The fourth-order valence-corrected chi connectivity index (χ4v) is 2.86. The van der Waals surface area contributed by atoms with Crippen LogP contribution < -0.4 is 5.56 Å². The fraction of sp³-hybridized carbons (Fsp3) is 0.529. The minimum Gasteiger partial charge on any atom is -0.444 e. The third-order valence-corrected chi connectivity index (χ3v) is 4.05. The van der Waals surface area contributed by atoms with E-state index in [2.05, 4.69) is 10.2 Å². The summed E-state index contributed by atoms with van der Waals surface area (Å²) < 4.78 is 8.21. The van der Waals surface area contributed by atoms with Gasteiger partial charge in [0, 0.05) is 31.4 Å². The molecule has 1 fully saturated rings. The van der Waals surface area contributed by atoms with Crippen molar-refractivity contribution in [1.82, 2.24) is 24.5 Å². The van der Waals surface area contributed by atoms with Crippen LogP contribution in [0.1, 0.15) is 26.8 Å². The molecule has 1 amide bonds. The maximum Gasteiger partial charge on any atom is 0.410 e. The maximum absolute atomic E-state index is 12.3. The summed E-state index contributed by atoms with van der Waals surface area (Å²) in [4.78, 5) is 25.9. The van der Waals surface area contributed by atoms with Crippen LogP contribution in [0.3, 0.4) is 0 Å². The van der Waals surface area contributed by atoms with Crippen molar-refractivity contribution in [2.45, 2.75) is 38.5 Å². The number of aromatic nitrogens is 4. The van der Waals surface area contributed by atoms with Crippen LogP contribution >= 0.6 is 0 Å². The molecule has 3 heterocycles. The summed E-state index contributed by atoms with van der Waals surface area (Å²) in [6, 6.07) is 2.38. The number of aliphatic hydroxyl groups is 1. The Kier molecular flexibility index (Phi) is 4.57. The van der Waals surface area contributed by atoms with Crippen molar-refractivity contribution >= 4 is 6.09 Å². The van der Waals surface area contributed by atoms with Crippen molar-refractivity contribution in [3.05, 3.63) is 34.9 Å². The predicted octanol–water partition coefficient (Wildman–Crippen LogP) is 0.796. The third kappa shape index (κ3) is 3.77. The lowest BCUT2D eigenvalue weighted by Gasteiger charge is -2.24. The summed E-state index contributed by atoms with van der Waals surface area (Å²) in [5.41, 5.74) is 0.362. The summed E-state index contributed by atoms with van der Waals surface area (Å²) in [5, 5.41) is 18.9. The predicted molar refractivity (Wildman–Crippen MR) is 93.5 cm³/mol. The van der Waals surface area contributed by atoms with E-state index in [1.165, 1.54) is 15.6 Å². The molecular weight excluding hydrogens is 338 g/mol. The van der Waals surface area contributed by atoms with E-state index in [1.54, 1.807) is 51.0 Å². The van der Waals surface area contributed by atoms with Gasteiger partial charge in [-0.05, 0) is 26.8 Å². The number of hydrogen-bond donors (Lipinski definition) is 1. The zero-order valence-electron chi connectivity index (χ0n) is 15.3. The van der Waals surface area contributed by atoms with Crippen molar-refractivity contribution in [2.75, 3.05) is 13.1 Å². The van der Waals surface area contributed by atoms with Crippen molar-refractivity contribution < 1.29 is 14.6 Å². The Bertz CT molecular complexity index is 867. The van der Waals surface area contributed by atoms with Gasteiger partial charge in [-0.3, -0.25) is 9.48 Å². The highest BCUT2D eigenvalue weighted by molar-refractivity contribution is 5.68. The van der Waals surface area contributed by atoms with Gasteiger partial charge in [-0.25, -0.2) is 9.48 Å². The summed E-state index contributed by atoms with van der Waals surface area (Å²) in [5.74, 6) is 0. The Hall–Kier alpha value is -2.68. The normalized spacial score (nSPS) is 20.4. The summed E-state index contributed by atoms with van der Waals surface area (Å²) >= 11 is 0. The molecule has 1 aliphatic heterocycles. The maximum atomic E-state index is 12.3. The number of hydrogen-bond acceptors (Lipinski definition) is 6. The van der Waals surface area contributed by atoms with Gasteiger partial charge in [0.25, 0.3) is 5.56 Å². The SMILES string of the molecule is Cn1cc(-c2ccc(=O)n([C@@H]3CN(C(=O)OC(C)(C)C)C[C@H]3O)n2)cn1. The summed E-state index contributed by atoms with van der Waals surface area (Å²) in [6.45, 7) is 5.57. The number of likely N-dealkylation sites (tertiary alicyclic amines) is 1. The van der Waals surface area contributed by atoms with Crippen LogP contribution in [0.2, 0.25) is 0 Å². The molecule has 1 saturated heterocycles.